The van der Waals surface area contributed by atoms with Crippen molar-refractivity contribution in [3.8, 4) is 39.4 Å². The van der Waals surface area contributed by atoms with Crippen LogP contribution in [-0.2, 0) is 6.54 Å². The van der Waals surface area contributed by atoms with E-state index in [1.807, 2.05) is 50.7 Å². The Bertz CT molecular complexity index is 1690. The Balaban J connectivity index is 1.81. The number of aromatic carboxylic acids is 1. The van der Waals surface area contributed by atoms with Crippen molar-refractivity contribution in [2.45, 2.75) is 53.7 Å². The summed E-state index contributed by atoms with van der Waals surface area (Å²) in [4.78, 5) is 16.8. The summed E-state index contributed by atoms with van der Waals surface area (Å²) in [5.74, 6) is 0.309. The van der Waals surface area contributed by atoms with Gasteiger partial charge in [0.25, 0.3) is 0 Å². The van der Waals surface area contributed by atoms with Crippen molar-refractivity contribution in [1.29, 1.82) is 0 Å². The number of carboxylic acids is 1. The van der Waals surface area contributed by atoms with E-state index in [9.17, 15) is 15.0 Å². The highest BCUT2D eigenvalue weighted by Crippen LogP contribution is 2.41. The van der Waals surface area contributed by atoms with Crippen LogP contribution in [0.1, 0.15) is 49.5 Å². The van der Waals surface area contributed by atoms with Gasteiger partial charge in [-0.3, -0.25) is 9.67 Å². The van der Waals surface area contributed by atoms with Crippen LogP contribution in [0, 0.1) is 13.8 Å². The SMILES string of the molecule is CCOc1cc(C(=O)O)cc(OCC)c1-n1cc(-c2cnn(CC(C)(C)O)c2)c2ncc(-c3c(C)noc3C)cc21. The molecule has 1 aromatic carbocycles. The Morgan fingerprint density at radius 3 is 2.27 bits per heavy atom. The van der Waals surface area contributed by atoms with Crippen molar-refractivity contribution in [3.05, 3.63) is 60.0 Å². The molecule has 2 N–H and O–H groups in total. The van der Waals surface area contributed by atoms with Gasteiger partial charge in [0.05, 0.1) is 53.8 Å². The number of carboxylic acid groups (broad SMARTS) is 1. The second-order valence-electron chi connectivity index (χ2n) is 10.4. The Kier molecular flexibility index (Phi) is 7.31. The zero-order valence-electron chi connectivity index (χ0n) is 23.9. The van der Waals surface area contributed by atoms with E-state index in [1.54, 1.807) is 30.9 Å². The first-order valence-corrected chi connectivity index (χ1v) is 13.4. The van der Waals surface area contributed by atoms with Crippen molar-refractivity contribution < 1.29 is 29.0 Å². The third kappa shape index (κ3) is 5.40. The minimum atomic E-state index is -1.09. The molecule has 4 aromatic heterocycles. The molecule has 5 rings (SSSR count). The lowest BCUT2D eigenvalue weighted by molar-refractivity contribution is 0.0577. The van der Waals surface area contributed by atoms with E-state index in [0.29, 0.717) is 48.2 Å². The van der Waals surface area contributed by atoms with Crippen LogP contribution in [0.3, 0.4) is 0 Å². The van der Waals surface area contributed by atoms with Crippen molar-refractivity contribution in [2.24, 2.45) is 0 Å². The monoisotopic (exact) mass is 559 g/mol. The molecule has 0 amide bonds. The predicted molar refractivity (Wildman–Crippen MR) is 153 cm³/mol. The second-order valence-corrected chi connectivity index (χ2v) is 10.4. The molecule has 0 fully saturated rings. The third-order valence-corrected chi connectivity index (χ3v) is 6.58. The first-order chi connectivity index (χ1) is 19.5. The van der Waals surface area contributed by atoms with Gasteiger partial charge in [0, 0.05) is 40.8 Å². The van der Waals surface area contributed by atoms with Crippen molar-refractivity contribution in [2.75, 3.05) is 13.2 Å². The second kappa shape index (κ2) is 10.7. The van der Waals surface area contributed by atoms with Crippen molar-refractivity contribution >= 4 is 17.0 Å². The summed E-state index contributed by atoms with van der Waals surface area (Å²) in [5, 5.41) is 28.6. The molecule has 0 unspecified atom stereocenters. The maximum absolute atomic E-state index is 11.9. The molecule has 0 saturated carbocycles. The fraction of sp³-hybridized carbons (Fsp3) is 0.333. The largest absolute Gasteiger partial charge is 0.492 e. The molecule has 0 radical (unpaired) electrons. The minimum Gasteiger partial charge on any atom is -0.492 e. The van der Waals surface area contributed by atoms with Crippen LogP contribution in [0.4, 0.5) is 0 Å². The van der Waals surface area contributed by atoms with Gasteiger partial charge in [-0.1, -0.05) is 5.16 Å². The number of hydrogen-bond acceptors (Lipinski definition) is 8. The normalized spacial score (nSPS) is 11.8. The summed E-state index contributed by atoms with van der Waals surface area (Å²) in [6.07, 6.45) is 7.29. The zero-order valence-corrected chi connectivity index (χ0v) is 23.9. The number of benzene rings is 1. The summed E-state index contributed by atoms with van der Waals surface area (Å²) in [6, 6.07) is 5.00. The van der Waals surface area contributed by atoms with Gasteiger partial charge < -0.3 is 28.8 Å². The summed E-state index contributed by atoms with van der Waals surface area (Å²) in [6.45, 7) is 11.8. The lowest BCUT2D eigenvalue weighted by atomic mass is 10.1. The van der Waals surface area contributed by atoms with Crippen LogP contribution in [-0.4, -0.2) is 59.5 Å². The predicted octanol–water partition coefficient (Wildman–Crippen LogP) is 5.43. The molecule has 41 heavy (non-hydrogen) atoms. The first kappa shape index (κ1) is 27.9. The molecule has 0 atom stereocenters. The summed E-state index contributed by atoms with van der Waals surface area (Å²) in [7, 11) is 0. The molecular weight excluding hydrogens is 526 g/mol. The molecule has 0 spiro atoms. The van der Waals surface area contributed by atoms with Gasteiger partial charge in [0.15, 0.2) is 0 Å². The Morgan fingerprint density at radius 2 is 1.71 bits per heavy atom. The van der Waals surface area contributed by atoms with Crippen LogP contribution in [0.2, 0.25) is 0 Å². The van der Waals surface area contributed by atoms with Gasteiger partial charge in [0.2, 0.25) is 0 Å². The van der Waals surface area contributed by atoms with E-state index in [1.165, 1.54) is 12.1 Å². The number of pyridine rings is 1. The molecule has 11 nitrogen and oxygen atoms in total. The van der Waals surface area contributed by atoms with Crippen LogP contribution in [0.15, 0.2) is 47.5 Å². The zero-order chi connectivity index (χ0) is 29.5. The fourth-order valence-corrected chi connectivity index (χ4v) is 4.99. The number of aromatic nitrogens is 5. The summed E-state index contributed by atoms with van der Waals surface area (Å²) < 4.78 is 21.0. The highest BCUT2D eigenvalue weighted by Gasteiger charge is 2.24. The first-order valence-electron chi connectivity index (χ1n) is 13.4. The number of aliphatic hydroxyl groups is 1. The molecular formula is C30H33N5O6. The van der Waals surface area contributed by atoms with E-state index >= 15 is 0 Å². The van der Waals surface area contributed by atoms with Gasteiger partial charge in [-0.15, -0.1) is 0 Å². The van der Waals surface area contributed by atoms with E-state index in [4.69, 9.17) is 19.0 Å². The van der Waals surface area contributed by atoms with Gasteiger partial charge >= 0.3 is 5.97 Å². The topological polar surface area (TPSA) is 138 Å². The standard InChI is InChI=1S/C30H33N5O6/c1-7-39-24-10-19(29(36)37)11-25(40-8-2)28(24)35-15-22(21-13-32-34(14-21)16-30(5,6)38)27-23(35)9-20(12-31-27)26-17(3)33-41-18(26)4/h9-15,38H,7-8,16H2,1-6H3,(H,36,37). The van der Waals surface area contributed by atoms with E-state index in [0.717, 1.165) is 33.5 Å². The number of rotatable bonds is 10. The lowest BCUT2D eigenvalue weighted by Gasteiger charge is -2.18. The van der Waals surface area contributed by atoms with Crippen LogP contribution >= 0.6 is 0 Å². The van der Waals surface area contributed by atoms with E-state index in [-0.39, 0.29) is 5.56 Å². The molecule has 0 aliphatic heterocycles. The molecule has 4 heterocycles. The summed E-state index contributed by atoms with van der Waals surface area (Å²) >= 11 is 0. The molecule has 0 bridgehead atoms. The molecule has 0 saturated heterocycles. The summed E-state index contributed by atoms with van der Waals surface area (Å²) in [5.41, 5.74) is 5.09. The average Bonchev–Trinajstić information content (AvgIpc) is 3.60. The van der Waals surface area contributed by atoms with Gasteiger partial charge in [-0.25, -0.2) is 4.79 Å². The molecule has 0 aliphatic rings. The number of fused-ring (bicyclic) bond motifs is 1. The highest BCUT2D eigenvalue weighted by molar-refractivity contribution is 5.97. The Morgan fingerprint density at radius 1 is 1.02 bits per heavy atom. The Labute approximate surface area is 236 Å². The van der Waals surface area contributed by atoms with E-state index < -0.39 is 11.6 Å². The number of nitrogens with zero attached hydrogens (tertiary/aromatic N) is 5. The van der Waals surface area contributed by atoms with Gasteiger partial charge in [-0.05, 0) is 59.7 Å². The average molecular weight is 560 g/mol. The van der Waals surface area contributed by atoms with Gasteiger partial charge in [0.1, 0.15) is 22.9 Å². The minimum absolute atomic E-state index is 0.0553. The molecule has 11 heteroatoms. The van der Waals surface area contributed by atoms with Crippen molar-refractivity contribution in [1.82, 2.24) is 24.5 Å². The molecule has 214 valence electrons. The van der Waals surface area contributed by atoms with Crippen molar-refractivity contribution in [3.63, 3.8) is 0 Å². The number of aryl methyl sites for hydroxylation is 2. The maximum atomic E-state index is 11.9. The van der Waals surface area contributed by atoms with Crippen LogP contribution in [0.5, 0.6) is 11.5 Å². The highest BCUT2D eigenvalue weighted by atomic mass is 16.5. The fourth-order valence-electron chi connectivity index (χ4n) is 4.99. The molecule has 5 aromatic rings. The smallest absolute Gasteiger partial charge is 0.335 e. The van der Waals surface area contributed by atoms with Crippen LogP contribution in [0.25, 0.3) is 39.0 Å². The Hall–Kier alpha value is -4.64. The maximum Gasteiger partial charge on any atom is 0.335 e. The van der Waals surface area contributed by atoms with E-state index in [2.05, 4.69) is 10.3 Å². The third-order valence-electron chi connectivity index (χ3n) is 6.58. The van der Waals surface area contributed by atoms with Gasteiger partial charge in [-0.2, -0.15) is 5.10 Å². The number of carbonyl (C=O) groups is 1. The molecule has 0 aliphatic carbocycles. The number of ether oxygens (including phenoxy) is 2. The number of hydrogen-bond donors (Lipinski definition) is 2. The quantitative estimate of drug-likeness (QED) is 0.229. The van der Waals surface area contributed by atoms with Crippen LogP contribution < -0.4 is 9.47 Å². The lowest BCUT2D eigenvalue weighted by Crippen LogP contribution is -2.26.